The Morgan fingerprint density at radius 3 is 2.67 bits per heavy atom. The molecular weight excluding hydrogens is 496 g/mol. The molecule has 1 aromatic heterocycles. The first kappa shape index (κ1) is 31.2. The standard InChI is InChI=1S/C29H50N6O4/c1-20(2)18-35(23-14-21(15-30-16-23)26(36)34-12-8-10-22(34)19-39-7)27(37)24-17-32-28(29(3,4)5)33-25(24)31-11-9-13-38-6/h17,20-23,30H,8-16,18-19H2,1-7H3,(H,31,32,33)/t21-,22-,23+/m1/s1. The van der Waals surface area contributed by atoms with Crippen LogP contribution in [0.2, 0.25) is 0 Å². The number of aromatic nitrogens is 2. The molecule has 0 aliphatic carbocycles. The van der Waals surface area contributed by atoms with Gasteiger partial charge in [0.05, 0.1) is 18.6 Å². The topological polar surface area (TPSA) is 109 Å². The molecule has 2 aliphatic heterocycles. The van der Waals surface area contributed by atoms with Gasteiger partial charge in [-0.3, -0.25) is 9.59 Å². The van der Waals surface area contributed by atoms with Crippen molar-refractivity contribution in [3.63, 3.8) is 0 Å². The van der Waals surface area contributed by atoms with Gasteiger partial charge in [-0.1, -0.05) is 34.6 Å². The van der Waals surface area contributed by atoms with Crippen LogP contribution in [-0.4, -0.2) is 104 Å². The van der Waals surface area contributed by atoms with Crippen molar-refractivity contribution >= 4 is 17.6 Å². The summed E-state index contributed by atoms with van der Waals surface area (Å²) in [4.78, 5) is 41.0. The fraction of sp³-hybridized carbons (Fsp3) is 0.793. The zero-order valence-electron chi connectivity index (χ0n) is 25.1. The van der Waals surface area contributed by atoms with Crippen LogP contribution in [0, 0.1) is 11.8 Å². The molecule has 1 aromatic rings. The van der Waals surface area contributed by atoms with Gasteiger partial charge in [0.1, 0.15) is 17.2 Å². The smallest absolute Gasteiger partial charge is 0.259 e. The van der Waals surface area contributed by atoms with Crippen LogP contribution in [0.15, 0.2) is 6.20 Å². The number of nitrogens with one attached hydrogen (secondary N) is 2. The van der Waals surface area contributed by atoms with Gasteiger partial charge in [-0.05, 0) is 31.6 Å². The average molecular weight is 547 g/mol. The van der Waals surface area contributed by atoms with Crippen LogP contribution in [0.1, 0.15) is 76.5 Å². The van der Waals surface area contributed by atoms with E-state index in [9.17, 15) is 9.59 Å². The molecular formula is C29H50N6O4. The lowest BCUT2D eigenvalue weighted by molar-refractivity contribution is -0.138. The van der Waals surface area contributed by atoms with Crippen molar-refractivity contribution in [1.29, 1.82) is 0 Å². The molecule has 2 N–H and O–H groups in total. The first-order valence-corrected chi connectivity index (χ1v) is 14.5. The molecule has 2 amide bonds. The number of carbonyl (C=O) groups excluding carboxylic acids is 2. The Hall–Kier alpha value is -2.30. The molecule has 2 fully saturated rings. The molecule has 0 aromatic carbocycles. The number of likely N-dealkylation sites (tertiary alicyclic amines) is 1. The first-order valence-electron chi connectivity index (χ1n) is 14.5. The second-order valence-corrected chi connectivity index (χ2v) is 12.4. The maximum absolute atomic E-state index is 14.2. The van der Waals surface area contributed by atoms with Gasteiger partial charge in [-0.2, -0.15) is 0 Å². The summed E-state index contributed by atoms with van der Waals surface area (Å²) in [5, 5.41) is 6.82. The molecule has 0 bridgehead atoms. The Morgan fingerprint density at radius 1 is 1.23 bits per heavy atom. The van der Waals surface area contributed by atoms with Crippen molar-refractivity contribution in [2.75, 3.05) is 65.5 Å². The number of hydrogen-bond acceptors (Lipinski definition) is 8. The minimum Gasteiger partial charge on any atom is -0.385 e. The second-order valence-electron chi connectivity index (χ2n) is 12.4. The van der Waals surface area contributed by atoms with Crippen LogP contribution in [0.5, 0.6) is 0 Å². The fourth-order valence-corrected chi connectivity index (χ4v) is 5.47. The Bertz CT molecular complexity index is 950. The second kappa shape index (κ2) is 14.4. The molecule has 2 aliphatic rings. The van der Waals surface area contributed by atoms with Crippen LogP contribution < -0.4 is 10.6 Å². The highest BCUT2D eigenvalue weighted by Crippen LogP contribution is 2.27. The summed E-state index contributed by atoms with van der Waals surface area (Å²) in [6.45, 7) is 14.9. The summed E-state index contributed by atoms with van der Waals surface area (Å²) in [5.41, 5.74) is 0.216. The number of rotatable bonds is 12. The van der Waals surface area contributed by atoms with E-state index in [0.717, 1.165) is 25.8 Å². The first-order chi connectivity index (χ1) is 18.6. The number of nitrogens with zero attached hydrogens (tertiary/aromatic N) is 4. The van der Waals surface area contributed by atoms with E-state index in [0.29, 0.717) is 63.0 Å². The molecule has 3 rings (SSSR count). The number of methoxy groups -OCH3 is 2. The van der Waals surface area contributed by atoms with E-state index in [4.69, 9.17) is 14.5 Å². The number of carbonyl (C=O) groups is 2. The SMILES string of the molecule is COCCCNc1nc(C(C)(C)C)ncc1C(=O)N(CC(C)C)[C@@H]1CNC[C@H](C(=O)N2CCC[C@@H]2COC)C1. The van der Waals surface area contributed by atoms with E-state index in [1.165, 1.54) is 0 Å². The quantitative estimate of drug-likeness (QED) is 0.385. The van der Waals surface area contributed by atoms with Gasteiger partial charge in [0.25, 0.3) is 5.91 Å². The molecule has 0 spiro atoms. The third-order valence-corrected chi connectivity index (χ3v) is 7.47. The largest absolute Gasteiger partial charge is 0.385 e. The van der Waals surface area contributed by atoms with Crippen LogP contribution in [0.4, 0.5) is 5.82 Å². The Morgan fingerprint density at radius 2 is 2.00 bits per heavy atom. The van der Waals surface area contributed by atoms with Crippen LogP contribution >= 0.6 is 0 Å². The average Bonchev–Trinajstić information content (AvgIpc) is 3.37. The summed E-state index contributed by atoms with van der Waals surface area (Å²) >= 11 is 0. The molecule has 3 heterocycles. The molecule has 2 saturated heterocycles. The minimum absolute atomic E-state index is 0.100. The summed E-state index contributed by atoms with van der Waals surface area (Å²) in [6.07, 6.45) is 5.09. The maximum atomic E-state index is 14.2. The van der Waals surface area contributed by atoms with E-state index in [2.05, 4.69) is 50.2 Å². The number of anilines is 1. The molecule has 220 valence electrons. The highest BCUT2D eigenvalue weighted by Gasteiger charge is 2.38. The summed E-state index contributed by atoms with van der Waals surface area (Å²) in [5.74, 6) is 1.40. The van der Waals surface area contributed by atoms with E-state index in [-0.39, 0.29) is 41.1 Å². The van der Waals surface area contributed by atoms with E-state index >= 15 is 0 Å². The van der Waals surface area contributed by atoms with Crippen molar-refractivity contribution in [3.05, 3.63) is 17.6 Å². The molecule has 10 heteroatoms. The van der Waals surface area contributed by atoms with Crippen molar-refractivity contribution in [3.8, 4) is 0 Å². The van der Waals surface area contributed by atoms with Gasteiger partial charge in [0, 0.05) is 71.2 Å². The Labute approximate surface area is 234 Å². The van der Waals surface area contributed by atoms with E-state index in [1.54, 1.807) is 20.4 Å². The molecule has 0 saturated carbocycles. The number of ether oxygens (including phenoxy) is 2. The van der Waals surface area contributed by atoms with E-state index in [1.807, 2.05) is 9.80 Å². The Kier molecular flexibility index (Phi) is 11.5. The zero-order valence-corrected chi connectivity index (χ0v) is 25.1. The highest BCUT2D eigenvalue weighted by atomic mass is 16.5. The third kappa shape index (κ3) is 8.35. The van der Waals surface area contributed by atoms with Crippen LogP contribution in [0.3, 0.4) is 0 Å². The highest BCUT2D eigenvalue weighted by molar-refractivity contribution is 5.98. The number of piperidine rings is 1. The lowest BCUT2D eigenvalue weighted by Crippen LogP contribution is -2.55. The number of amides is 2. The lowest BCUT2D eigenvalue weighted by atomic mass is 9.92. The van der Waals surface area contributed by atoms with Crippen molar-refractivity contribution in [2.45, 2.75) is 77.8 Å². The van der Waals surface area contributed by atoms with Gasteiger partial charge in [-0.15, -0.1) is 0 Å². The molecule has 39 heavy (non-hydrogen) atoms. The minimum atomic E-state index is -0.251. The maximum Gasteiger partial charge on any atom is 0.259 e. The normalized spacial score (nSPS) is 21.8. The van der Waals surface area contributed by atoms with Gasteiger partial charge < -0.3 is 29.9 Å². The predicted octanol–water partition coefficient (Wildman–Crippen LogP) is 2.94. The van der Waals surface area contributed by atoms with Gasteiger partial charge >= 0.3 is 0 Å². The molecule has 0 unspecified atom stereocenters. The molecule has 3 atom stereocenters. The van der Waals surface area contributed by atoms with Crippen molar-refractivity contribution in [2.24, 2.45) is 11.8 Å². The monoisotopic (exact) mass is 546 g/mol. The van der Waals surface area contributed by atoms with E-state index < -0.39 is 0 Å². The molecule has 10 nitrogen and oxygen atoms in total. The summed E-state index contributed by atoms with van der Waals surface area (Å²) in [6, 6.07) is 0.0382. The van der Waals surface area contributed by atoms with Crippen LogP contribution in [0.25, 0.3) is 0 Å². The number of hydrogen-bond donors (Lipinski definition) is 2. The van der Waals surface area contributed by atoms with Crippen molar-refractivity contribution < 1.29 is 19.1 Å². The fourth-order valence-electron chi connectivity index (χ4n) is 5.47. The summed E-state index contributed by atoms with van der Waals surface area (Å²) in [7, 11) is 3.37. The molecule has 0 radical (unpaired) electrons. The lowest BCUT2D eigenvalue weighted by Gasteiger charge is -2.40. The van der Waals surface area contributed by atoms with Crippen LogP contribution in [-0.2, 0) is 19.7 Å². The van der Waals surface area contributed by atoms with Gasteiger partial charge in [-0.25, -0.2) is 9.97 Å². The van der Waals surface area contributed by atoms with Crippen molar-refractivity contribution in [1.82, 2.24) is 25.1 Å². The van der Waals surface area contributed by atoms with Gasteiger partial charge in [0.2, 0.25) is 5.91 Å². The summed E-state index contributed by atoms with van der Waals surface area (Å²) < 4.78 is 10.6. The van der Waals surface area contributed by atoms with Gasteiger partial charge in [0.15, 0.2) is 0 Å². The predicted molar refractivity (Wildman–Crippen MR) is 153 cm³/mol. The Balaban J connectivity index is 1.84. The zero-order chi connectivity index (χ0) is 28.6. The third-order valence-electron chi connectivity index (χ3n) is 7.47.